The Morgan fingerprint density at radius 1 is 1.06 bits per heavy atom. The van der Waals surface area contributed by atoms with E-state index in [0.717, 1.165) is 37.9 Å². The van der Waals surface area contributed by atoms with Crippen molar-refractivity contribution in [3.8, 4) is 5.75 Å². The summed E-state index contributed by atoms with van der Waals surface area (Å²) < 4.78 is 63.0. The Balaban J connectivity index is 1.23. The largest absolute Gasteiger partial charge is 0.487 e. The van der Waals surface area contributed by atoms with Crippen LogP contribution in [0, 0.1) is 12.7 Å². The molecule has 36 heavy (non-hydrogen) atoms. The van der Waals surface area contributed by atoms with Crippen LogP contribution in [0.2, 0.25) is 0 Å². The first-order valence-corrected chi connectivity index (χ1v) is 11.2. The zero-order valence-electron chi connectivity index (χ0n) is 19.4. The average molecular weight is 501 g/mol. The number of hydrogen-bond acceptors (Lipinski definition) is 6. The molecule has 4 rings (SSSR count). The van der Waals surface area contributed by atoms with Crippen LogP contribution in [-0.2, 0) is 25.7 Å². The molecule has 0 atom stereocenters. The number of ether oxygens (including phenoxy) is 1. The van der Waals surface area contributed by atoms with Gasteiger partial charge < -0.3 is 9.15 Å². The lowest BCUT2D eigenvalue weighted by atomic mass is 10.1. The van der Waals surface area contributed by atoms with Crippen LogP contribution in [0.3, 0.4) is 0 Å². The lowest BCUT2D eigenvalue weighted by Gasteiger charge is -2.07. The summed E-state index contributed by atoms with van der Waals surface area (Å²) in [5, 5.41) is 12.0. The molecule has 188 valence electrons. The van der Waals surface area contributed by atoms with Crippen molar-refractivity contribution in [3.63, 3.8) is 0 Å². The molecule has 0 N–H and O–H groups in total. The second-order valence-corrected chi connectivity index (χ2v) is 8.07. The Bertz CT molecular complexity index is 1310. The maximum atomic E-state index is 14.0. The highest BCUT2D eigenvalue weighted by Crippen LogP contribution is 2.30. The third kappa shape index (κ3) is 7.00. The number of alkyl halides is 3. The van der Waals surface area contributed by atoms with Crippen molar-refractivity contribution in [1.82, 2.24) is 25.2 Å². The third-order valence-corrected chi connectivity index (χ3v) is 5.24. The van der Waals surface area contributed by atoms with Crippen LogP contribution in [0.25, 0.3) is 12.2 Å². The molecule has 2 heterocycles. The van der Waals surface area contributed by atoms with Crippen LogP contribution in [0.5, 0.6) is 5.75 Å². The molecule has 0 spiro atoms. The molecule has 11 heteroatoms. The quantitative estimate of drug-likeness (QED) is 0.199. The van der Waals surface area contributed by atoms with Crippen LogP contribution in [0.4, 0.5) is 17.6 Å². The van der Waals surface area contributed by atoms with Gasteiger partial charge in [-0.25, -0.2) is 9.37 Å². The first-order chi connectivity index (χ1) is 17.3. The fourth-order valence-corrected chi connectivity index (χ4v) is 3.38. The molecule has 2 aromatic carbocycles. The highest BCUT2D eigenvalue weighted by Gasteiger charge is 2.30. The number of halogens is 4. The number of aryl methyl sites for hydroxylation is 3. The van der Waals surface area contributed by atoms with Gasteiger partial charge in [0.25, 0.3) is 0 Å². The zero-order valence-corrected chi connectivity index (χ0v) is 19.4. The van der Waals surface area contributed by atoms with Gasteiger partial charge in [-0.15, -0.1) is 10.2 Å². The van der Waals surface area contributed by atoms with Crippen molar-refractivity contribution in [2.45, 2.75) is 45.5 Å². The molecule has 0 amide bonds. The second kappa shape index (κ2) is 11.1. The number of nitrogens with zero attached hydrogens (tertiary/aromatic N) is 5. The van der Waals surface area contributed by atoms with E-state index in [1.54, 1.807) is 11.7 Å². The summed E-state index contributed by atoms with van der Waals surface area (Å²) in [7, 11) is 0. The van der Waals surface area contributed by atoms with Crippen LogP contribution in [0.1, 0.15) is 46.9 Å². The summed E-state index contributed by atoms with van der Waals surface area (Å²) in [6.07, 6.45) is 2.35. The van der Waals surface area contributed by atoms with Gasteiger partial charge in [0.1, 0.15) is 30.1 Å². The molecule has 0 saturated heterocycles. The Morgan fingerprint density at radius 3 is 2.56 bits per heavy atom. The van der Waals surface area contributed by atoms with Crippen LogP contribution < -0.4 is 4.74 Å². The maximum absolute atomic E-state index is 14.0. The van der Waals surface area contributed by atoms with E-state index in [4.69, 9.17) is 9.15 Å². The smallest absolute Gasteiger partial charge is 0.416 e. The standard InChI is InChI=1S/C25H23F4N5O2/c1-17-31-33-34(32-17)13-3-2-4-18-5-10-22(11-6-18)35-15-21-16-36-24(30-21)12-8-19-7-9-20(14-23(19)26)25(27,28)29/h5-12,14,16H,2-4,13,15H2,1H3. The SMILES string of the molecule is Cc1nnn(CCCCc2ccc(OCc3coc(C=Cc4ccc(C(F)(F)F)cc4F)n3)cc2)n1. The highest BCUT2D eigenvalue weighted by molar-refractivity contribution is 5.66. The number of tetrazole rings is 1. The number of aromatic nitrogens is 5. The zero-order chi connectivity index (χ0) is 25.5. The molecule has 0 radical (unpaired) electrons. The summed E-state index contributed by atoms with van der Waals surface area (Å²) in [4.78, 5) is 5.82. The summed E-state index contributed by atoms with van der Waals surface area (Å²) >= 11 is 0. The van der Waals surface area contributed by atoms with E-state index >= 15 is 0 Å². The van der Waals surface area contributed by atoms with E-state index in [1.807, 2.05) is 24.3 Å². The number of rotatable bonds is 10. The van der Waals surface area contributed by atoms with Gasteiger partial charge in [-0.3, -0.25) is 0 Å². The molecule has 0 aliphatic heterocycles. The predicted molar refractivity (Wildman–Crippen MR) is 123 cm³/mol. The Hall–Kier alpha value is -4.02. The minimum absolute atomic E-state index is 0.00995. The topological polar surface area (TPSA) is 78.9 Å². The van der Waals surface area contributed by atoms with Gasteiger partial charge in [0.2, 0.25) is 5.89 Å². The summed E-state index contributed by atoms with van der Waals surface area (Å²) in [5.41, 5.74) is 0.652. The van der Waals surface area contributed by atoms with E-state index in [9.17, 15) is 17.6 Å². The summed E-state index contributed by atoms with van der Waals surface area (Å²) in [6.45, 7) is 2.70. The van der Waals surface area contributed by atoms with E-state index in [-0.39, 0.29) is 18.1 Å². The van der Waals surface area contributed by atoms with Gasteiger partial charge in [0, 0.05) is 11.6 Å². The lowest BCUT2D eigenvalue weighted by Crippen LogP contribution is -2.05. The Labute approximate surface area is 204 Å². The minimum Gasteiger partial charge on any atom is -0.487 e. The monoisotopic (exact) mass is 501 g/mol. The van der Waals surface area contributed by atoms with Gasteiger partial charge in [-0.2, -0.15) is 18.0 Å². The van der Waals surface area contributed by atoms with Crippen molar-refractivity contribution < 1.29 is 26.7 Å². The molecule has 0 unspecified atom stereocenters. The Kier molecular flexibility index (Phi) is 7.77. The van der Waals surface area contributed by atoms with Crippen molar-refractivity contribution in [1.29, 1.82) is 0 Å². The van der Waals surface area contributed by atoms with Crippen molar-refractivity contribution in [3.05, 3.63) is 88.6 Å². The van der Waals surface area contributed by atoms with Crippen molar-refractivity contribution >= 4 is 12.2 Å². The van der Waals surface area contributed by atoms with Gasteiger partial charge in [0.05, 0.1) is 12.1 Å². The summed E-state index contributed by atoms with van der Waals surface area (Å²) in [5.74, 6) is 0.534. The third-order valence-electron chi connectivity index (χ3n) is 5.24. The molecular weight excluding hydrogens is 478 g/mol. The number of oxazole rings is 1. The normalized spacial score (nSPS) is 11.9. The van der Waals surface area contributed by atoms with Crippen molar-refractivity contribution in [2.75, 3.05) is 0 Å². The molecule has 4 aromatic rings. The predicted octanol–water partition coefficient (Wildman–Crippen LogP) is 5.90. The summed E-state index contributed by atoms with van der Waals surface area (Å²) in [6, 6.07) is 10.1. The van der Waals surface area contributed by atoms with Gasteiger partial charge in [-0.05, 0) is 67.3 Å². The fraction of sp³-hybridized carbons (Fsp3) is 0.280. The number of hydrogen-bond donors (Lipinski definition) is 0. The van der Waals surface area contributed by atoms with Crippen LogP contribution in [-0.4, -0.2) is 25.2 Å². The fourth-order valence-electron chi connectivity index (χ4n) is 3.38. The second-order valence-electron chi connectivity index (χ2n) is 8.07. The molecule has 0 aliphatic carbocycles. The van der Waals surface area contributed by atoms with Crippen LogP contribution >= 0.6 is 0 Å². The maximum Gasteiger partial charge on any atom is 0.416 e. The molecule has 0 aliphatic rings. The average Bonchev–Trinajstić information content (AvgIpc) is 3.48. The van der Waals surface area contributed by atoms with Crippen molar-refractivity contribution in [2.24, 2.45) is 0 Å². The Morgan fingerprint density at radius 2 is 1.86 bits per heavy atom. The first-order valence-electron chi connectivity index (χ1n) is 11.2. The van der Waals surface area contributed by atoms with Gasteiger partial charge in [-0.1, -0.05) is 18.2 Å². The lowest BCUT2D eigenvalue weighted by molar-refractivity contribution is -0.137. The molecule has 7 nitrogen and oxygen atoms in total. The molecule has 0 saturated carbocycles. The van der Waals surface area contributed by atoms with E-state index < -0.39 is 17.6 Å². The number of unbranched alkanes of at least 4 members (excludes halogenated alkanes) is 1. The van der Waals surface area contributed by atoms with Gasteiger partial charge >= 0.3 is 6.18 Å². The van der Waals surface area contributed by atoms with E-state index in [2.05, 4.69) is 20.4 Å². The van der Waals surface area contributed by atoms with Crippen LogP contribution in [0.15, 0.2) is 53.1 Å². The molecule has 0 bridgehead atoms. The van der Waals surface area contributed by atoms with Gasteiger partial charge in [0.15, 0.2) is 5.82 Å². The van der Waals surface area contributed by atoms with E-state index in [0.29, 0.717) is 23.3 Å². The number of benzene rings is 2. The molecular formula is C25H23F4N5O2. The van der Waals surface area contributed by atoms with E-state index in [1.165, 1.54) is 24.0 Å². The molecule has 0 fully saturated rings. The highest BCUT2D eigenvalue weighted by atomic mass is 19.4. The molecule has 2 aromatic heterocycles. The first kappa shape index (κ1) is 25.1. The minimum atomic E-state index is -4.60.